The van der Waals surface area contributed by atoms with E-state index in [1.807, 2.05) is 6.92 Å². The van der Waals surface area contributed by atoms with Crippen molar-refractivity contribution in [2.24, 2.45) is 0 Å². The fourth-order valence-electron chi connectivity index (χ4n) is 1.86. The summed E-state index contributed by atoms with van der Waals surface area (Å²) in [6, 6.07) is 9.02. The van der Waals surface area contributed by atoms with Crippen molar-refractivity contribution in [2.45, 2.75) is 13.3 Å². The second kappa shape index (κ2) is 8.28. The SMILES string of the molecule is CCCOC(=S)c1cc(Oc2ccc(Cl)cc2Cl)ccc1[N+](=O)[O-]. The van der Waals surface area contributed by atoms with E-state index in [0.717, 1.165) is 6.42 Å². The highest BCUT2D eigenvalue weighted by molar-refractivity contribution is 7.80. The molecule has 0 unspecified atom stereocenters. The van der Waals surface area contributed by atoms with Gasteiger partial charge in [-0.1, -0.05) is 30.1 Å². The first-order chi connectivity index (χ1) is 11.4. The lowest BCUT2D eigenvalue weighted by Crippen LogP contribution is -2.08. The summed E-state index contributed by atoms with van der Waals surface area (Å²) in [5, 5.41) is 12.0. The Morgan fingerprint density at radius 3 is 2.62 bits per heavy atom. The van der Waals surface area contributed by atoms with Crippen LogP contribution in [0.5, 0.6) is 11.5 Å². The van der Waals surface area contributed by atoms with Crippen LogP contribution in [0.1, 0.15) is 18.9 Å². The van der Waals surface area contributed by atoms with Gasteiger partial charge >= 0.3 is 0 Å². The molecule has 0 amide bonds. The monoisotopic (exact) mass is 385 g/mol. The first-order valence-corrected chi connectivity index (χ1v) is 8.17. The largest absolute Gasteiger partial charge is 0.483 e. The summed E-state index contributed by atoms with van der Waals surface area (Å²) in [6.07, 6.45) is 0.741. The van der Waals surface area contributed by atoms with Crippen molar-refractivity contribution in [2.75, 3.05) is 6.61 Å². The van der Waals surface area contributed by atoms with Crippen LogP contribution in [0.3, 0.4) is 0 Å². The van der Waals surface area contributed by atoms with Crippen LogP contribution >= 0.6 is 35.4 Å². The standard InChI is InChI=1S/C16H13Cl2NO4S/c1-2-7-22-16(24)12-9-11(4-5-14(12)19(20)21)23-15-6-3-10(17)8-13(15)18/h3-6,8-9H,2,7H2,1H3. The minimum atomic E-state index is -0.518. The number of rotatable bonds is 6. The van der Waals surface area contributed by atoms with E-state index in [0.29, 0.717) is 28.2 Å². The smallest absolute Gasteiger partial charge is 0.281 e. The molecule has 2 aromatic rings. The third-order valence-electron chi connectivity index (χ3n) is 2.94. The lowest BCUT2D eigenvalue weighted by molar-refractivity contribution is -0.385. The van der Waals surface area contributed by atoms with Gasteiger partial charge in [-0.05, 0) is 49.0 Å². The summed E-state index contributed by atoms with van der Waals surface area (Å²) >= 11 is 17.0. The molecule has 0 aliphatic heterocycles. The molecular weight excluding hydrogens is 373 g/mol. The summed E-state index contributed by atoms with van der Waals surface area (Å²) in [5.41, 5.74) is 0.0386. The number of nitro benzene ring substituents is 1. The van der Waals surface area contributed by atoms with Gasteiger partial charge in [-0.3, -0.25) is 10.1 Å². The molecule has 0 bridgehead atoms. The van der Waals surface area contributed by atoms with Crippen molar-refractivity contribution >= 4 is 46.2 Å². The van der Waals surface area contributed by atoms with Crippen molar-refractivity contribution in [1.82, 2.24) is 0 Å². The average molecular weight is 386 g/mol. The van der Waals surface area contributed by atoms with E-state index in [4.69, 9.17) is 44.9 Å². The lowest BCUT2D eigenvalue weighted by Gasteiger charge is -2.11. The number of nitrogens with zero attached hydrogens (tertiary/aromatic N) is 1. The quantitative estimate of drug-likeness (QED) is 0.357. The predicted octanol–water partition coefficient (Wildman–Crippen LogP) is 5.80. The van der Waals surface area contributed by atoms with E-state index in [-0.39, 0.29) is 16.3 Å². The molecule has 0 atom stereocenters. The van der Waals surface area contributed by atoms with Crippen molar-refractivity contribution in [3.05, 3.63) is 62.1 Å². The highest BCUT2D eigenvalue weighted by Gasteiger charge is 2.20. The van der Waals surface area contributed by atoms with E-state index < -0.39 is 4.92 Å². The van der Waals surface area contributed by atoms with Crippen LogP contribution < -0.4 is 4.74 Å². The first-order valence-electron chi connectivity index (χ1n) is 7.01. The minimum Gasteiger partial charge on any atom is -0.483 e. The van der Waals surface area contributed by atoms with Crippen LogP contribution in [0.15, 0.2) is 36.4 Å². The molecule has 0 heterocycles. The second-order valence-electron chi connectivity index (χ2n) is 4.75. The number of nitro groups is 1. The maximum absolute atomic E-state index is 11.2. The molecule has 2 rings (SSSR count). The van der Waals surface area contributed by atoms with Crippen molar-refractivity contribution in [3.63, 3.8) is 0 Å². The lowest BCUT2D eigenvalue weighted by atomic mass is 10.2. The third kappa shape index (κ3) is 4.56. The third-order valence-corrected chi connectivity index (χ3v) is 3.81. The fraction of sp³-hybridized carbons (Fsp3) is 0.188. The summed E-state index contributed by atoms with van der Waals surface area (Å²) in [4.78, 5) is 10.7. The number of hydrogen-bond acceptors (Lipinski definition) is 5. The number of thiocarbonyl (C=S) groups is 1. The van der Waals surface area contributed by atoms with E-state index in [1.54, 1.807) is 18.2 Å². The number of halogens is 2. The molecule has 5 nitrogen and oxygen atoms in total. The van der Waals surface area contributed by atoms with Crippen molar-refractivity contribution < 1.29 is 14.4 Å². The summed E-state index contributed by atoms with van der Waals surface area (Å²) in [7, 11) is 0. The Morgan fingerprint density at radius 1 is 1.25 bits per heavy atom. The van der Waals surface area contributed by atoms with E-state index in [1.165, 1.54) is 18.2 Å². The molecule has 0 N–H and O–H groups in total. The van der Waals surface area contributed by atoms with Gasteiger partial charge in [0.2, 0.25) is 0 Å². The molecule has 0 saturated carbocycles. The molecule has 126 valence electrons. The Hall–Kier alpha value is -1.89. The van der Waals surface area contributed by atoms with Crippen LogP contribution in [0.25, 0.3) is 0 Å². The summed E-state index contributed by atoms with van der Waals surface area (Å²) in [6.45, 7) is 2.29. The Bertz CT molecular complexity index is 783. The molecule has 0 spiro atoms. The molecule has 2 aromatic carbocycles. The van der Waals surface area contributed by atoms with E-state index >= 15 is 0 Å². The average Bonchev–Trinajstić information content (AvgIpc) is 2.55. The van der Waals surface area contributed by atoms with Gasteiger partial charge in [0.1, 0.15) is 17.1 Å². The molecule has 0 aromatic heterocycles. The topological polar surface area (TPSA) is 61.6 Å². The normalized spacial score (nSPS) is 10.3. The number of hydrogen-bond donors (Lipinski definition) is 0. The fourth-order valence-corrected chi connectivity index (χ4v) is 2.55. The predicted molar refractivity (Wildman–Crippen MR) is 97.6 cm³/mol. The number of ether oxygens (including phenoxy) is 2. The summed E-state index contributed by atoms with van der Waals surface area (Å²) < 4.78 is 11.0. The highest BCUT2D eigenvalue weighted by atomic mass is 35.5. The van der Waals surface area contributed by atoms with Gasteiger partial charge in [-0.15, -0.1) is 0 Å². The second-order valence-corrected chi connectivity index (χ2v) is 5.96. The zero-order valence-electron chi connectivity index (χ0n) is 12.6. The Kier molecular flexibility index (Phi) is 6.36. The van der Waals surface area contributed by atoms with Crippen molar-refractivity contribution in [1.29, 1.82) is 0 Å². The number of benzene rings is 2. The van der Waals surface area contributed by atoms with Crippen LogP contribution in [-0.2, 0) is 4.74 Å². The zero-order valence-corrected chi connectivity index (χ0v) is 15.0. The Morgan fingerprint density at radius 2 is 2.00 bits per heavy atom. The molecule has 0 aliphatic rings. The van der Waals surface area contributed by atoms with Crippen LogP contribution in [0.4, 0.5) is 5.69 Å². The maximum atomic E-state index is 11.2. The van der Waals surface area contributed by atoms with Crippen LogP contribution in [0.2, 0.25) is 10.0 Å². The van der Waals surface area contributed by atoms with Crippen LogP contribution in [0, 0.1) is 10.1 Å². The molecule has 0 fully saturated rings. The van der Waals surface area contributed by atoms with Gasteiger partial charge < -0.3 is 9.47 Å². The first kappa shape index (κ1) is 18.4. The van der Waals surface area contributed by atoms with Crippen molar-refractivity contribution in [3.8, 4) is 11.5 Å². The van der Waals surface area contributed by atoms with Gasteiger partial charge in [0.15, 0.2) is 5.05 Å². The van der Waals surface area contributed by atoms with Gasteiger partial charge in [0.25, 0.3) is 5.69 Å². The zero-order chi connectivity index (χ0) is 17.7. The van der Waals surface area contributed by atoms with Gasteiger partial charge in [0, 0.05) is 11.1 Å². The molecule has 0 radical (unpaired) electrons. The Balaban J connectivity index is 2.34. The maximum Gasteiger partial charge on any atom is 0.281 e. The van der Waals surface area contributed by atoms with Gasteiger partial charge in [-0.25, -0.2) is 0 Å². The molecule has 24 heavy (non-hydrogen) atoms. The molecule has 8 heteroatoms. The van der Waals surface area contributed by atoms with E-state index in [9.17, 15) is 10.1 Å². The molecule has 0 aliphatic carbocycles. The molecular formula is C16H13Cl2NO4S. The summed E-state index contributed by atoms with van der Waals surface area (Å²) in [5.74, 6) is 0.725. The highest BCUT2D eigenvalue weighted by Crippen LogP contribution is 2.33. The van der Waals surface area contributed by atoms with Gasteiger partial charge in [0.05, 0.1) is 16.6 Å². The molecule has 0 saturated heterocycles. The van der Waals surface area contributed by atoms with Gasteiger partial charge in [-0.2, -0.15) is 0 Å². The minimum absolute atomic E-state index is 0.0520. The van der Waals surface area contributed by atoms with E-state index in [2.05, 4.69) is 0 Å². The Labute approximate surface area is 154 Å². The van der Waals surface area contributed by atoms with Crippen LogP contribution in [-0.4, -0.2) is 16.6 Å².